The molecule has 2 saturated heterocycles. The molecule has 0 aliphatic carbocycles. The van der Waals surface area contributed by atoms with Gasteiger partial charge in [0, 0.05) is 26.1 Å². The SMILES string of the molecule is CN1CCCN(C(=O)CC2CCNCC2)CC1.Cl. The van der Waals surface area contributed by atoms with Crippen molar-refractivity contribution in [1.82, 2.24) is 15.1 Å². The summed E-state index contributed by atoms with van der Waals surface area (Å²) in [5.74, 6) is 0.997. The van der Waals surface area contributed by atoms with Gasteiger partial charge in [0.05, 0.1) is 0 Å². The molecular formula is C13H26ClN3O. The first-order valence-electron chi connectivity index (χ1n) is 6.93. The fraction of sp³-hybridized carbons (Fsp3) is 0.923. The van der Waals surface area contributed by atoms with Gasteiger partial charge in [0.2, 0.25) is 5.91 Å². The Morgan fingerprint density at radius 2 is 1.89 bits per heavy atom. The third-order valence-electron chi connectivity index (χ3n) is 3.99. The summed E-state index contributed by atoms with van der Waals surface area (Å²) in [7, 11) is 2.14. The first kappa shape index (κ1) is 15.7. The Kier molecular flexibility index (Phi) is 6.97. The van der Waals surface area contributed by atoms with E-state index in [1.165, 1.54) is 12.8 Å². The Morgan fingerprint density at radius 1 is 1.17 bits per heavy atom. The van der Waals surface area contributed by atoms with Crippen LogP contribution in [0.5, 0.6) is 0 Å². The van der Waals surface area contributed by atoms with E-state index in [-0.39, 0.29) is 12.4 Å². The number of nitrogens with one attached hydrogen (secondary N) is 1. The van der Waals surface area contributed by atoms with Crippen molar-refractivity contribution in [3.8, 4) is 0 Å². The number of likely N-dealkylation sites (N-methyl/N-ethyl adjacent to an activating group) is 1. The van der Waals surface area contributed by atoms with Gasteiger partial charge in [-0.1, -0.05) is 0 Å². The number of carbonyl (C=O) groups is 1. The number of halogens is 1. The molecular weight excluding hydrogens is 250 g/mol. The van der Waals surface area contributed by atoms with Crippen LogP contribution >= 0.6 is 12.4 Å². The first-order valence-corrected chi connectivity index (χ1v) is 6.93. The molecule has 4 nitrogen and oxygen atoms in total. The molecule has 0 aromatic carbocycles. The minimum absolute atomic E-state index is 0. The Bertz CT molecular complexity index is 257. The maximum absolute atomic E-state index is 12.2. The summed E-state index contributed by atoms with van der Waals surface area (Å²) in [5, 5.41) is 3.35. The standard InChI is InChI=1S/C13H25N3O.ClH/c1-15-7-2-8-16(10-9-15)13(17)11-12-3-5-14-6-4-12;/h12,14H,2-11H2,1H3;1H. The van der Waals surface area contributed by atoms with Gasteiger partial charge >= 0.3 is 0 Å². The van der Waals surface area contributed by atoms with Crippen LogP contribution in [0.4, 0.5) is 0 Å². The second-order valence-corrected chi connectivity index (χ2v) is 5.44. The van der Waals surface area contributed by atoms with Gasteiger partial charge in [-0.05, 0) is 51.9 Å². The molecule has 0 radical (unpaired) electrons. The third kappa shape index (κ3) is 4.75. The van der Waals surface area contributed by atoms with Gasteiger partial charge in [0.15, 0.2) is 0 Å². The van der Waals surface area contributed by atoms with E-state index in [1.54, 1.807) is 0 Å². The summed E-state index contributed by atoms with van der Waals surface area (Å²) in [6, 6.07) is 0. The molecule has 0 bridgehead atoms. The Morgan fingerprint density at radius 3 is 2.61 bits per heavy atom. The fourth-order valence-corrected chi connectivity index (χ4v) is 2.76. The maximum Gasteiger partial charge on any atom is 0.222 e. The van der Waals surface area contributed by atoms with Gasteiger partial charge in [-0.3, -0.25) is 4.79 Å². The zero-order valence-corrected chi connectivity index (χ0v) is 12.2. The highest BCUT2D eigenvalue weighted by Gasteiger charge is 2.22. The van der Waals surface area contributed by atoms with E-state index < -0.39 is 0 Å². The van der Waals surface area contributed by atoms with Crippen molar-refractivity contribution in [2.75, 3.05) is 46.3 Å². The molecule has 2 aliphatic heterocycles. The highest BCUT2D eigenvalue weighted by molar-refractivity contribution is 5.85. The predicted molar refractivity (Wildman–Crippen MR) is 76.2 cm³/mol. The quantitative estimate of drug-likeness (QED) is 0.816. The number of hydrogen-bond acceptors (Lipinski definition) is 3. The van der Waals surface area contributed by atoms with Gasteiger partial charge in [0.1, 0.15) is 0 Å². The van der Waals surface area contributed by atoms with E-state index in [9.17, 15) is 4.79 Å². The molecule has 0 spiro atoms. The van der Waals surface area contributed by atoms with Crippen molar-refractivity contribution >= 4 is 18.3 Å². The lowest BCUT2D eigenvalue weighted by Crippen LogP contribution is -2.37. The van der Waals surface area contributed by atoms with E-state index in [2.05, 4.69) is 22.2 Å². The summed E-state index contributed by atoms with van der Waals surface area (Å²) < 4.78 is 0. The largest absolute Gasteiger partial charge is 0.341 e. The number of piperidine rings is 1. The summed E-state index contributed by atoms with van der Waals surface area (Å²) >= 11 is 0. The third-order valence-corrected chi connectivity index (χ3v) is 3.99. The van der Waals surface area contributed by atoms with Gasteiger partial charge in [-0.2, -0.15) is 0 Å². The molecule has 2 rings (SSSR count). The van der Waals surface area contributed by atoms with Gasteiger partial charge in [-0.25, -0.2) is 0 Å². The van der Waals surface area contributed by atoms with Crippen LogP contribution in [0, 0.1) is 5.92 Å². The van der Waals surface area contributed by atoms with Crippen molar-refractivity contribution in [2.24, 2.45) is 5.92 Å². The summed E-state index contributed by atoms with van der Waals surface area (Å²) in [6.45, 7) is 6.19. The van der Waals surface area contributed by atoms with Crippen molar-refractivity contribution in [3.63, 3.8) is 0 Å². The molecule has 5 heteroatoms. The number of carbonyl (C=O) groups excluding carboxylic acids is 1. The molecule has 18 heavy (non-hydrogen) atoms. The van der Waals surface area contributed by atoms with E-state index in [0.717, 1.165) is 52.1 Å². The van der Waals surface area contributed by atoms with Crippen molar-refractivity contribution in [2.45, 2.75) is 25.7 Å². The van der Waals surface area contributed by atoms with E-state index >= 15 is 0 Å². The minimum atomic E-state index is 0. The molecule has 106 valence electrons. The number of hydrogen-bond donors (Lipinski definition) is 1. The summed E-state index contributed by atoms with van der Waals surface area (Å²) in [6.07, 6.45) is 4.22. The molecule has 2 fully saturated rings. The van der Waals surface area contributed by atoms with Crippen molar-refractivity contribution < 1.29 is 4.79 Å². The number of amides is 1. The minimum Gasteiger partial charge on any atom is -0.341 e. The lowest BCUT2D eigenvalue weighted by molar-refractivity contribution is -0.132. The monoisotopic (exact) mass is 275 g/mol. The highest BCUT2D eigenvalue weighted by Crippen LogP contribution is 2.17. The maximum atomic E-state index is 12.2. The Balaban J connectivity index is 0.00000162. The Labute approximate surface area is 116 Å². The predicted octanol–water partition coefficient (Wildman–Crippen LogP) is 0.962. The molecule has 0 aromatic rings. The van der Waals surface area contributed by atoms with Gasteiger partial charge in [-0.15, -0.1) is 12.4 Å². The van der Waals surface area contributed by atoms with Crippen LogP contribution in [0.2, 0.25) is 0 Å². The second kappa shape index (κ2) is 7.97. The molecule has 0 saturated carbocycles. The number of rotatable bonds is 2. The van der Waals surface area contributed by atoms with Gasteiger partial charge in [0.25, 0.3) is 0 Å². The smallest absolute Gasteiger partial charge is 0.222 e. The van der Waals surface area contributed by atoms with Crippen LogP contribution in [-0.2, 0) is 4.79 Å². The van der Waals surface area contributed by atoms with Crippen LogP contribution in [0.25, 0.3) is 0 Å². The van der Waals surface area contributed by atoms with Crippen LogP contribution in [-0.4, -0.2) is 62.0 Å². The zero-order valence-electron chi connectivity index (χ0n) is 11.4. The summed E-state index contributed by atoms with van der Waals surface area (Å²) in [4.78, 5) is 16.6. The topological polar surface area (TPSA) is 35.6 Å². The molecule has 0 atom stereocenters. The molecule has 0 unspecified atom stereocenters. The molecule has 2 heterocycles. The van der Waals surface area contributed by atoms with Crippen LogP contribution in [0.3, 0.4) is 0 Å². The Hall–Kier alpha value is -0.320. The number of nitrogens with zero attached hydrogens (tertiary/aromatic N) is 2. The average molecular weight is 276 g/mol. The lowest BCUT2D eigenvalue weighted by Gasteiger charge is -2.26. The highest BCUT2D eigenvalue weighted by atomic mass is 35.5. The van der Waals surface area contributed by atoms with E-state index in [1.807, 2.05) is 0 Å². The van der Waals surface area contributed by atoms with Crippen LogP contribution in [0.1, 0.15) is 25.7 Å². The molecule has 1 N–H and O–H groups in total. The van der Waals surface area contributed by atoms with Crippen molar-refractivity contribution in [3.05, 3.63) is 0 Å². The molecule has 1 amide bonds. The normalized spacial score (nSPS) is 23.3. The first-order chi connectivity index (χ1) is 8.25. The molecule has 2 aliphatic rings. The van der Waals surface area contributed by atoms with E-state index in [0.29, 0.717) is 11.8 Å². The van der Waals surface area contributed by atoms with Gasteiger partial charge < -0.3 is 15.1 Å². The van der Waals surface area contributed by atoms with Crippen LogP contribution < -0.4 is 5.32 Å². The fourth-order valence-electron chi connectivity index (χ4n) is 2.76. The molecule has 0 aromatic heterocycles. The lowest BCUT2D eigenvalue weighted by atomic mass is 9.94. The van der Waals surface area contributed by atoms with Crippen LogP contribution in [0.15, 0.2) is 0 Å². The second-order valence-electron chi connectivity index (χ2n) is 5.44. The van der Waals surface area contributed by atoms with E-state index in [4.69, 9.17) is 0 Å². The average Bonchev–Trinajstić information content (AvgIpc) is 2.55. The van der Waals surface area contributed by atoms with Crippen molar-refractivity contribution in [1.29, 1.82) is 0 Å². The zero-order chi connectivity index (χ0) is 12.1. The summed E-state index contributed by atoms with van der Waals surface area (Å²) in [5.41, 5.74) is 0.